The predicted octanol–water partition coefficient (Wildman–Crippen LogP) is 3.89. The van der Waals surface area contributed by atoms with Crippen molar-refractivity contribution >= 4 is 27.5 Å². The first-order valence-corrected chi connectivity index (χ1v) is 7.95. The Labute approximate surface area is 134 Å². The van der Waals surface area contributed by atoms with Gasteiger partial charge in [-0.1, -0.05) is 29.3 Å². The highest BCUT2D eigenvalue weighted by Gasteiger charge is 2.21. The number of hydrogen-bond acceptors (Lipinski definition) is 1. The average molecular weight is 348 g/mol. The summed E-state index contributed by atoms with van der Waals surface area (Å²) in [5.41, 5.74) is 2.10. The van der Waals surface area contributed by atoms with Crippen LogP contribution < -0.4 is 9.88 Å². The van der Waals surface area contributed by atoms with Gasteiger partial charge < -0.3 is 5.32 Å². The molecule has 3 nitrogen and oxygen atoms in total. The third kappa shape index (κ3) is 4.39. The number of nitrogens with zero attached hydrogens (tertiary/aromatic N) is 1. The normalized spacial score (nSPS) is 12.0. The standard InChI is InChI=1S/C17H19BrN2O/c1-3-4-14-9-11-20(12-10-14)13(2)17(21)19-16-7-5-15(18)6-8-16/h5-13H,3-4H2,1-2H3/p+1/t13-/m1/s1. The van der Waals surface area contributed by atoms with Crippen molar-refractivity contribution in [2.45, 2.75) is 32.7 Å². The summed E-state index contributed by atoms with van der Waals surface area (Å²) in [6, 6.07) is 11.5. The predicted molar refractivity (Wildman–Crippen MR) is 88.1 cm³/mol. The molecule has 110 valence electrons. The van der Waals surface area contributed by atoms with Gasteiger partial charge in [-0.2, -0.15) is 4.57 Å². The third-order valence-corrected chi connectivity index (χ3v) is 3.93. The molecule has 1 heterocycles. The zero-order valence-corrected chi connectivity index (χ0v) is 13.9. The highest BCUT2D eigenvalue weighted by atomic mass is 79.9. The average Bonchev–Trinajstić information content (AvgIpc) is 2.50. The molecule has 0 fully saturated rings. The largest absolute Gasteiger partial charge is 0.320 e. The first kappa shape index (κ1) is 15.7. The minimum absolute atomic E-state index is 0.0226. The topological polar surface area (TPSA) is 33.0 Å². The molecule has 1 aromatic carbocycles. The number of benzene rings is 1. The summed E-state index contributed by atoms with van der Waals surface area (Å²) >= 11 is 3.38. The Bertz CT molecular complexity index is 593. The van der Waals surface area contributed by atoms with Crippen molar-refractivity contribution in [1.82, 2.24) is 0 Å². The lowest BCUT2D eigenvalue weighted by atomic mass is 10.1. The van der Waals surface area contributed by atoms with Gasteiger partial charge in [-0.25, -0.2) is 0 Å². The number of aryl methyl sites for hydroxylation is 1. The van der Waals surface area contributed by atoms with Crippen LogP contribution in [0, 0.1) is 0 Å². The van der Waals surface area contributed by atoms with E-state index < -0.39 is 0 Å². The van der Waals surface area contributed by atoms with Gasteiger partial charge in [0.1, 0.15) is 0 Å². The quantitative estimate of drug-likeness (QED) is 0.817. The molecule has 1 aromatic heterocycles. The zero-order valence-electron chi connectivity index (χ0n) is 12.3. The summed E-state index contributed by atoms with van der Waals surface area (Å²) in [5, 5.41) is 2.93. The number of amides is 1. The fourth-order valence-electron chi connectivity index (χ4n) is 2.10. The molecule has 0 aliphatic carbocycles. The molecule has 0 saturated carbocycles. The van der Waals surface area contributed by atoms with Crippen molar-refractivity contribution in [3.8, 4) is 0 Å². The van der Waals surface area contributed by atoms with Crippen LogP contribution >= 0.6 is 15.9 Å². The second kappa shape index (κ2) is 7.36. The van der Waals surface area contributed by atoms with E-state index in [2.05, 4.69) is 40.3 Å². The van der Waals surface area contributed by atoms with Crippen LogP contribution in [0.4, 0.5) is 5.69 Å². The van der Waals surface area contributed by atoms with E-state index in [9.17, 15) is 4.79 Å². The zero-order chi connectivity index (χ0) is 15.2. The number of aromatic nitrogens is 1. The second-order valence-corrected chi connectivity index (χ2v) is 5.99. The Hall–Kier alpha value is -1.68. The van der Waals surface area contributed by atoms with E-state index in [1.807, 2.05) is 48.1 Å². The smallest absolute Gasteiger partial charge is 0.293 e. The summed E-state index contributed by atoms with van der Waals surface area (Å²) < 4.78 is 2.92. The number of anilines is 1. The van der Waals surface area contributed by atoms with Crippen LogP contribution in [0.2, 0.25) is 0 Å². The van der Waals surface area contributed by atoms with E-state index in [0.29, 0.717) is 0 Å². The molecule has 4 heteroatoms. The Morgan fingerprint density at radius 2 is 1.81 bits per heavy atom. The summed E-state index contributed by atoms with van der Waals surface area (Å²) in [5.74, 6) is -0.0226. The van der Waals surface area contributed by atoms with Crippen molar-refractivity contribution < 1.29 is 9.36 Å². The van der Waals surface area contributed by atoms with Gasteiger partial charge in [0.25, 0.3) is 5.91 Å². The van der Waals surface area contributed by atoms with E-state index in [0.717, 1.165) is 23.0 Å². The summed E-state index contributed by atoms with van der Waals surface area (Å²) in [7, 11) is 0. The van der Waals surface area contributed by atoms with Crippen molar-refractivity contribution in [2.24, 2.45) is 0 Å². The maximum atomic E-state index is 12.3. The molecule has 1 atom stereocenters. The van der Waals surface area contributed by atoms with Gasteiger partial charge in [-0.3, -0.25) is 4.79 Å². The summed E-state index contributed by atoms with van der Waals surface area (Å²) in [6.07, 6.45) is 6.14. The molecule has 0 unspecified atom stereocenters. The highest BCUT2D eigenvalue weighted by Crippen LogP contribution is 2.15. The fourth-order valence-corrected chi connectivity index (χ4v) is 2.36. The number of hydrogen-bond donors (Lipinski definition) is 1. The van der Waals surface area contributed by atoms with E-state index in [-0.39, 0.29) is 11.9 Å². The van der Waals surface area contributed by atoms with Gasteiger partial charge in [-0.05, 0) is 36.2 Å². The van der Waals surface area contributed by atoms with E-state index in [4.69, 9.17) is 0 Å². The number of rotatable bonds is 5. The Balaban J connectivity index is 2.02. The Morgan fingerprint density at radius 1 is 1.19 bits per heavy atom. The van der Waals surface area contributed by atoms with Crippen LogP contribution in [0.15, 0.2) is 53.3 Å². The number of nitrogens with one attached hydrogen (secondary N) is 1. The lowest BCUT2D eigenvalue weighted by Crippen LogP contribution is -2.44. The third-order valence-electron chi connectivity index (χ3n) is 3.40. The van der Waals surface area contributed by atoms with Crippen LogP contribution in [-0.4, -0.2) is 5.91 Å². The van der Waals surface area contributed by atoms with E-state index >= 15 is 0 Å². The number of carbonyl (C=O) groups excluding carboxylic acids is 1. The number of halogens is 1. The molecule has 0 aliphatic heterocycles. The molecular weight excluding hydrogens is 328 g/mol. The maximum Gasteiger partial charge on any atom is 0.293 e. The first-order chi connectivity index (χ1) is 10.1. The van der Waals surface area contributed by atoms with Crippen LogP contribution in [0.3, 0.4) is 0 Å². The molecule has 1 amide bonds. The van der Waals surface area contributed by atoms with E-state index in [1.54, 1.807) is 0 Å². The molecule has 21 heavy (non-hydrogen) atoms. The van der Waals surface area contributed by atoms with Gasteiger partial charge in [0, 0.05) is 29.2 Å². The maximum absolute atomic E-state index is 12.3. The lowest BCUT2D eigenvalue weighted by Gasteiger charge is -2.09. The van der Waals surface area contributed by atoms with Gasteiger partial charge in [0.15, 0.2) is 12.4 Å². The lowest BCUT2D eigenvalue weighted by molar-refractivity contribution is -0.705. The minimum atomic E-state index is -0.246. The molecule has 0 spiro atoms. The monoisotopic (exact) mass is 347 g/mol. The van der Waals surface area contributed by atoms with Gasteiger partial charge in [0.2, 0.25) is 6.04 Å². The SMILES string of the molecule is CCCc1cc[n+]([C@H](C)C(=O)Nc2ccc(Br)cc2)cc1. The van der Waals surface area contributed by atoms with Crippen molar-refractivity contribution in [3.63, 3.8) is 0 Å². The summed E-state index contributed by atoms with van der Waals surface area (Å²) in [6.45, 7) is 4.06. The van der Waals surface area contributed by atoms with E-state index in [1.165, 1.54) is 5.56 Å². The van der Waals surface area contributed by atoms with Crippen LogP contribution in [0.1, 0.15) is 31.9 Å². The molecule has 0 bridgehead atoms. The van der Waals surface area contributed by atoms with Crippen LogP contribution in [0.25, 0.3) is 0 Å². The van der Waals surface area contributed by atoms with Gasteiger partial charge in [0.05, 0.1) is 0 Å². The first-order valence-electron chi connectivity index (χ1n) is 7.16. The number of pyridine rings is 1. The second-order valence-electron chi connectivity index (χ2n) is 5.08. The van der Waals surface area contributed by atoms with Crippen LogP contribution in [-0.2, 0) is 11.2 Å². The van der Waals surface area contributed by atoms with Gasteiger partial charge in [-0.15, -0.1) is 0 Å². The molecule has 0 saturated heterocycles. The molecule has 2 aromatic rings. The molecule has 2 rings (SSSR count). The Kier molecular flexibility index (Phi) is 5.51. The fraction of sp³-hybridized carbons (Fsp3) is 0.294. The van der Waals surface area contributed by atoms with Crippen molar-refractivity contribution in [2.75, 3.05) is 5.32 Å². The molecule has 0 radical (unpaired) electrons. The van der Waals surface area contributed by atoms with Crippen molar-refractivity contribution in [1.29, 1.82) is 0 Å². The van der Waals surface area contributed by atoms with Gasteiger partial charge >= 0.3 is 0 Å². The highest BCUT2D eigenvalue weighted by molar-refractivity contribution is 9.10. The Morgan fingerprint density at radius 3 is 2.38 bits per heavy atom. The molecule has 0 aliphatic rings. The molecular formula is C17H20BrN2O+. The van der Waals surface area contributed by atoms with Crippen molar-refractivity contribution in [3.05, 3.63) is 58.8 Å². The minimum Gasteiger partial charge on any atom is -0.320 e. The molecule has 1 N–H and O–H groups in total. The summed E-state index contributed by atoms with van der Waals surface area (Å²) in [4.78, 5) is 12.3. The number of carbonyl (C=O) groups is 1. The van der Waals surface area contributed by atoms with Crippen LogP contribution in [0.5, 0.6) is 0 Å².